The average molecular weight is 425 g/mol. The van der Waals surface area contributed by atoms with Crippen molar-refractivity contribution in [3.63, 3.8) is 0 Å². The van der Waals surface area contributed by atoms with Crippen molar-refractivity contribution in [3.8, 4) is 0 Å². The summed E-state index contributed by atoms with van der Waals surface area (Å²) in [5.74, 6) is 0.0557. The van der Waals surface area contributed by atoms with Crippen LogP contribution in [0.5, 0.6) is 0 Å². The van der Waals surface area contributed by atoms with E-state index in [4.69, 9.17) is 0 Å². The van der Waals surface area contributed by atoms with Gasteiger partial charge in [-0.3, -0.25) is 0 Å². The van der Waals surface area contributed by atoms with Crippen LogP contribution in [0.4, 0.5) is 8.78 Å². The maximum absolute atomic E-state index is 15.5. The molecule has 4 rings (SSSR count). The molecule has 174 valence electrons. The molecule has 30 heavy (non-hydrogen) atoms. The highest BCUT2D eigenvalue weighted by Crippen LogP contribution is 2.70. The minimum atomic E-state index is -2.61. The molecule has 0 aromatic heterocycles. The summed E-state index contributed by atoms with van der Waals surface area (Å²) in [7, 11) is 0. The van der Waals surface area contributed by atoms with E-state index in [1.807, 2.05) is 0 Å². The largest absolute Gasteiger partial charge is 0.393 e. The van der Waals surface area contributed by atoms with Crippen LogP contribution in [0.25, 0.3) is 0 Å². The van der Waals surface area contributed by atoms with Crippen LogP contribution in [0.1, 0.15) is 105 Å². The average Bonchev–Trinajstić information content (AvgIpc) is 3.00. The normalized spacial score (nSPS) is 48.7. The van der Waals surface area contributed by atoms with Crippen LogP contribution >= 0.6 is 0 Å². The Kier molecular flexibility index (Phi) is 6.13. The number of fused-ring (bicyclic) bond motifs is 5. The fraction of sp³-hybridized carbons (Fsp3) is 1.00. The Labute approximate surface area is 183 Å². The maximum Gasteiger partial charge on any atom is 0.251 e. The Morgan fingerprint density at radius 1 is 0.900 bits per heavy atom. The molecular weight excluding hydrogens is 378 g/mol. The van der Waals surface area contributed by atoms with E-state index in [0.29, 0.717) is 36.5 Å². The zero-order chi connectivity index (χ0) is 21.9. The second-order valence-corrected chi connectivity index (χ2v) is 12.9. The third-order valence-electron chi connectivity index (χ3n) is 10.8. The minimum Gasteiger partial charge on any atom is -0.393 e. The molecule has 4 aliphatic carbocycles. The molecular formula is C27H46F2O. The van der Waals surface area contributed by atoms with Crippen LogP contribution in [0.15, 0.2) is 0 Å². The van der Waals surface area contributed by atoms with E-state index in [1.54, 1.807) is 0 Å². The highest BCUT2D eigenvalue weighted by Gasteiger charge is 2.67. The van der Waals surface area contributed by atoms with Gasteiger partial charge in [-0.2, -0.15) is 0 Å². The van der Waals surface area contributed by atoms with E-state index < -0.39 is 17.9 Å². The molecule has 0 amide bonds. The van der Waals surface area contributed by atoms with Gasteiger partial charge in [0.2, 0.25) is 0 Å². The first-order valence-electron chi connectivity index (χ1n) is 13.0. The van der Waals surface area contributed by atoms with Crippen molar-refractivity contribution in [2.45, 2.75) is 117 Å². The maximum atomic E-state index is 15.5. The molecule has 0 spiro atoms. The Bertz CT molecular complexity index is 618. The van der Waals surface area contributed by atoms with Gasteiger partial charge in [-0.25, -0.2) is 8.78 Å². The van der Waals surface area contributed by atoms with Crippen LogP contribution in [-0.2, 0) is 0 Å². The van der Waals surface area contributed by atoms with Crippen LogP contribution in [0.2, 0.25) is 0 Å². The first kappa shape index (κ1) is 23.0. The summed E-state index contributed by atoms with van der Waals surface area (Å²) >= 11 is 0. The Balaban J connectivity index is 1.53. The van der Waals surface area contributed by atoms with Gasteiger partial charge in [0.25, 0.3) is 5.92 Å². The van der Waals surface area contributed by atoms with Gasteiger partial charge in [-0.1, -0.05) is 53.9 Å². The molecule has 0 radical (unpaired) electrons. The summed E-state index contributed by atoms with van der Waals surface area (Å²) < 4.78 is 31.0. The number of rotatable bonds is 5. The van der Waals surface area contributed by atoms with Crippen molar-refractivity contribution < 1.29 is 13.9 Å². The number of hydrogen-bond donors (Lipinski definition) is 1. The first-order valence-corrected chi connectivity index (χ1v) is 13.0. The topological polar surface area (TPSA) is 20.2 Å². The lowest BCUT2D eigenvalue weighted by molar-refractivity contribution is -0.235. The molecule has 0 aromatic carbocycles. The Morgan fingerprint density at radius 2 is 1.57 bits per heavy atom. The lowest BCUT2D eigenvalue weighted by atomic mass is 9.43. The van der Waals surface area contributed by atoms with Gasteiger partial charge in [0.15, 0.2) is 0 Å². The third-order valence-corrected chi connectivity index (χ3v) is 10.8. The molecule has 4 saturated carbocycles. The molecule has 1 nitrogen and oxygen atoms in total. The van der Waals surface area contributed by atoms with E-state index >= 15 is 8.78 Å². The second kappa shape index (κ2) is 7.99. The second-order valence-electron chi connectivity index (χ2n) is 12.9. The zero-order valence-corrected chi connectivity index (χ0v) is 20.1. The van der Waals surface area contributed by atoms with Gasteiger partial charge in [-0.15, -0.1) is 0 Å². The van der Waals surface area contributed by atoms with Crippen molar-refractivity contribution in [1.82, 2.24) is 0 Å². The van der Waals surface area contributed by atoms with Crippen LogP contribution < -0.4 is 0 Å². The molecule has 0 aromatic rings. The van der Waals surface area contributed by atoms with Crippen LogP contribution in [0, 0.1) is 52.3 Å². The summed E-state index contributed by atoms with van der Waals surface area (Å²) in [5.41, 5.74) is -0.0280. The molecule has 4 aliphatic rings. The fourth-order valence-electron chi connectivity index (χ4n) is 9.28. The van der Waals surface area contributed by atoms with E-state index in [-0.39, 0.29) is 23.2 Å². The van der Waals surface area contributed by atoms with E-state index in [1.165, 1.54) is 32.1 Å². The molecule has 3 heteroatoms. The fourth-order valence-corrected chi connectivity index (χ4v) is 9.28. The van der Waals surface area contributed by atoms with Gasteiger partial charge < -0.3 is 5.11 Å². The van der Waals surface area contributed by atoms with Gasteiger partial charge in [-0.05, 0) is 91.3 Å². The number of hydrogen-bond acceptors (Lipinski definition) is 1. The highest BCUT2D eigenvalue weighted by atomic mass is 19.3. The molecule has 0 saturated heterocycles. The smallest absolute Gasteiger partial charge is 0.251 e. The highest BCUT2D eigenvalue weighted by molar-refractivity contribution is 5.13. The predicted octanol–water partition coefficient (Wildman–Crippen LogP) is 7.71. The molecule has 1 N–H and O–H groups in total. The molecule has 0 heterocycles. The summed E-state index contributed by atoms with van der Waals surface area (Å²) in [6, 6.07) is 0. The van der Waals surface area contributed by atoms with Crippen molar-refractivity contribution in [1.29, 1.82) is 0 Å². The molecule has 4 fully saturated rings. The lowest BCUT2D eigenvalue weighted by Gasteiger charge is -2.62. The Morgan fingerprint density at radius 3 is 2.27 bits per heavy atom. The monoisotopic (exact) mass is 424 g/mol. The molecule has 9 atom stereocenters. The SMILES string of the molecule is CC(C)CCCC(C)C1CCC2C3CC(F)(F)C4CC(O)CC[C@]4(C)C3CC[C@]12C. The van der Waals surface area contributed by atoms with Gasteiger partial charge in [0, 0.05) is 12.3 Å². The predicted molar refractivity (Wildman–Crippen MR) is 119 cm³/mol. The minimum absolute atomic E-state index is 0.0827. The standard InChI is InChI=1S/C27H46F2O/c1-17(2)7-6-8-18(3)21-9-10-22-20-16-27(28,29)24-15-19(30)11-13-26(24,5)23(20)12-14-25(21,22)4/h17-24,30H,6-16H2,1-5H3/t18?,19?,20?,21?,22?,23?,24?,25-,26-/m1/s1. The third kappa shape index (κ3) is 3.67. The number of aliphatic hydroxyl groups is 1. The summed E-state index contributed by atoms with van der Waals surface area (Å²) in [6.45, 7) is 11.7. The van der Waals surface area contributed by atoms with Crippen molar-refractivity contribution in [2.24, 2.45) is 52.3 Å². The van der Waals surface area contributed by atoms with Crippen LogP contribution in [-0.4, -0.2) is 17.1 Å². The van der Waals surface area contributed by atoms with Gasteiger partial charge in [0.05, 0.1) is 6.10 Å². The van der Waals surface area contributed by atoms with E-state index in [9.17, 15) is 5.11 Å². The number of aliphatic hydroxyl groups excluding tert-OH is 1. The summed E-state index contributed by atoms with van der Waals surface area (Å²) in [4.78, 5) is 0. The van der Waals surface area contributed by atoms with E-state index in [0.717, 1.165) is 25.2 Å². The number of halogens is 2. The molecule has 0 bridgehead atoms. The Hall–Kier alpha value is -0.180. The van der Waals surface area contributed by atoms with Crippen molar-refractivity contribution >= 4 is 0 Å². The zero-order valence-electron chi connectivity index (χ0n) is 20.1. The quantitative estimate of drug-likeness (QED) is 0.479. The van der Waals surface area contributed by atoms with Crippen LogP contribution in [0.3, 0.4) is 0 Å². The van der Waals surface area contributed by atoms with Gasteiger partial charge in [0.1, 0.15) is 0 Å². The summed E-state index contributed by atoms with van der Waals surface area (Å²) in [5, 5.41) is 10.1. The number of alkyl halides is 2. The van der Waals surface area contributed by atoms with Gasteiger partial charge >= 0.3 is 0 Å². The van der Waals surface area contributed by atoms with E-state index in [2.05, 4.69) is 34.6 Å². The van der Waals surface area contributed by atoms with Crippen molar-refractivity contribution in [2.75, 3.05) is 0 Å². The van der Waals surface area contributed by atoms with Crippen molar-refractivity contribution in [3.05, 3.63) is 0 Å². The first-order chi connectivity index (χ1) is 14.0. The molecule has 0 aliphatic heterocycles. The summed E-state index contributed by atoms with van der Waals surface area (Å²) in [6.07, 6.45) is 10.0. The molecule has 7 unspecified atom stereocenters. The lowest BCUT2D eigenvalue weighted by Crippen LogP contribution is -2.60.